The van der Waals surface area contributed by atoms with Crippen LogP contribution in [0.1, 0.15) is 12.0 Å². The van der Waals surface area contributed by atoms with Gasteiger partial charge in [-0.15, -0.1) is 0 Å². The normalized spacial score (nSPS) is 18.8. The predicted molar refractivity (Wildman–Crippen MR) is 78.3 cm³/mol. The van der Waals surface area contributed by atoms with Crippen LogP contribution in [0.15, 0.2) is 24.3 Å². The van der Waals surface area contributed by atoms with E-state index in [1.807, 2.05) is 4.90 Å². The van der Waals surface area contributed by atoms with Gasteiger partial charge in [-0.2, -0.15) is 0 Å². The zero-order valence-electron chi connectivity index (χ0n) is 12.2. The molecule has 0 saturated carbocycles. The molecule has 0 unspecified atom stereocenters. The van der Waals surface area contributed by atoms with Crippen LogP contribution in [0.4, 0.5) is 4.39 Å². The zero-order valence-corrected chi connectivity index (χ0v) is 12.2. The SMILES string of the molecule is O=C(C[C@H]1C(=O)NCCN1Cc1cccc(F)c1)NCCO. The minimum absolute atomic E-state index is 0.0150. The number of hydrogen-bond acceptors (Lipinski definition) is 4. The standard InChI is InChI=1S/C15H20FN3O3/c16-12-3-1-2-11(8-12)10-19-6-4-18-15(22)13(19)9-14(21)17-5-7-20/h1-3,8,13,20H,4-7,9-10H2,(H,17,21)(H,18,22)/t13-/m0/s1. The highest BCUT2D eigenvalue weighted by molar-refractivity contribution is 5.88. The van der Waals surface area contributed by atoms with E-state index in [0.29, 0.717) is 19.6 Å². The van der Waals surface area contributed by atoms with Crippen molar-refractivity contribution in [1.29, 1.82) is 0 Å². The number of hydrogen-bond donors (Lipinski definition) is 3. The van der Waals surface area contributed by atoms with Gasteiger partial charge in [-0.25, -0.2) is 4.39 Å². The molecule has 2 amide bonds. The lowest BCUT2D eigenvalue weighted by Gasteiger charge is -2.34. The molecule has 0 radical (unpaired) electrons. The molecule has 2 rings (SSSR count). The monoisotopic (exact) mass is 309 g/mol. The molecular formula is C15H20FN3O3. The maximum Gasteiger partial charge on any atom is 0.237 e. The Labute approximate surface area is 128 Å². The summed E-state index contributed by atoms with van der Waals surface area (Å²) in [4.78, 5) is 25.7. The molecule has 1 saturated heterocycles. The van der Waals surface area contributed by atoms with Gasteiger partial charge in [-0.05, 0) is 17.7 Å². The molecule has 1 fully saturated rings. The van der Waals surface area contributed by atoms with E-state index in [2.05, 4.69) is 10.6 Å². The van der Waals surface area contributed by atoms with E-state index in [1.165, 1.54) is 12.1 Å². The molecule has 6 nitrogen and oxygen atoms in total. The number of rotatable bonds is 6. The van der Waals surface area contributed by atoms with Gasteiger partial charge < -0.3 is 15.7 Å². The Morgan fingerprint density at radius 3 is 3.05 bits per heavy atom. The molecule has 120 valence electrons. The van der Waals surface area contributed by atoms with Gasteiger partial charge in [0, 0.05) is 26.2 Å². The third-order valence-electron chi connectivity index (χ3n) is 3.53. The first kappa shape index (κ1) is 16.4. The number of aliphatic hydroxyl groups is 1. The number of nitrogens with zero attached hydrogens (tertiary/aromatic N) is 1. The van der Waals surface area contributed by atoms with Crippen molar-refractivity contribution in [3.05, 3.63) is 35.6 Å². The van der Waals surface area contributed by atoms with Gasteiger partial charge in [0.15, 0.2) is 0 Å². The third-order valence-corrected chi connectivity index (χ3v) is 3.53. The average Bonchev–Trinajstić information content (AvgIpc) is 2.49. The van der Waals surface area contributed by atoms with Crippen molar-refractivity contribution in [1.82, 2.24) is 15.5 Å². The highest BCUT2D eigenvalue weighted by atomic mass is 19.1. The van der Waals surface area contributed by atoms with Gasteiger partial charge >= 0.3 is 0 Å². The number of nitrogens with one attached hydrogen (secondary N) is 2. The van der Waals surface area contributed by atoms with Gasteiger partial charge in [0.2, 0.25) is 11.8 Å². The van der Waals surface area contributed by atoms with Crippen molar-refractivity contribution in [3.63, 3.8) is 0 Å². The summed E-state index contributed by atoms with van der Waals surface area (Å²) in [6.07, 6.45) is 0.0150. The summed E-state index contributed by atoms with van der Waals surface area (Å²) in [5.41, 5.74) is 0.760. The van der Waals surface area contributed by atoms with Crippen LogP contribution in [0.2, 0.25) is 0 Å². The summed E-state index contributed by atoms with van der Waals surface area (Å²) < 4.78 is 13.3. The number of carbonyl (C=O) groups excluding carboxylic acids is 2. The molecule has 1 aliphatic rings. The highest BCUT2D eigenvalue weighted by Gasteiger charge is 2.31. The lowest BCUT2D eigenvalue weighted by atomic mass is 10.1. The summed E-state index contributed by atoms with van der Waals surface area (Å²) in [5, 5.41) is 14.0. The Balaban J connectivity index is 2.03. The molecular weight excluding hydrogens is 289 g/mol. The largest absolute Gasteiger partial charge is 0.395 e. The van der Waals surface area contributed by atoms with Gasteiger partial charge in [0.05, 0.1) is 19.1 Å². The molecule has 3 N–H and O–H groups in total. The summed E-state index contributed by atoms with van der Waals surface area (Å²) in [6.45, 7) is 1.53. The van der Waals surface area contributed by atoms with Crippen molar-refractivity contribution in [3.8, 4) is 0 Å². The molecule has 22 heavy (non-hydrogen) atoms. The third kappa shape index (κ3) is 4.51. The first-order valence-corrected chi connectivity index (χ1v) is 7.24. The van der Waals surface area contributed by atoms with Crippen LogP contribution in [0.25, 0.3) is 0 Å². The molecule has 0 aromatic heterocycles. The number of aliphatic hydroxyl groups excluding tert-OH is 1. The second-order valence-corrected chi connectivity index (χ2v) is 5.18. The Morgan fingerprint density at radius 1 is 1.50 bits per heavy atom. The molecule has 1 aromatic carbocycles. The van der Waals surface area contributed by atoms with E-state index < -0.39 is 6.04 Å². The minimum atomic E-state index is -0.587. The molecule has 0 aliphatic carbocycles. The molecule has 1 aliphatic heterocycles. The Hall–Kier alpha value is -1.99. The van der Waals surface area contributed by atoms with Crippen molar-refractivity contribution in [2.45, 2.75) is 19.0 Å². The number of halogens is 1. The maximum absolute atomic E-state index is 13.3. The van der Waals surface area contributed by atoms with E-state index in [-0.39, 0.29) is 37.2 Å². The quantitative estimate of drug-likeness (QED) is 0.669. The van der Waals surface area contributed by atoms with Crippen molar-refractivity contribution < 1.29 is 19.1 Å². The highest BCUT2D eigenvalue weighted by Crippen LogP contribution is 2.14. The Kier molecular flexibility index (Phi) is 5.85. The Bertz CT molecular complexity index is 539. The summed E-state index contributed by atoms with van der Waals surface area (Å²) in [5.74, 6) is -0.821. The minimum Gasteiger partial charge on any atom is -0.395 e. The Morgan fingerprint density at radius 2 is 2.32 bits per heavy atom. The summed E-state index contributed by atoms with van der Waals surface area (Å²) in [6, 6.07) is 5.62. The van der Waals surface area contributed by atoms with Gasteiger partial charge in [0.25, 0.3) is 0 Å². The van der Waals surface area contributed by atoms with Crippen molar-refractivity contribution in [2.75, 3.05) is 26.2 Å². The molecule has 7 heteroatoms. The zero-order chi connectivity index (χ0) is 15.9. The van der Waals surface area contributed by atoms with Crippen LogP contribution in [-0.2, 0) is 16.1 Å². The van der Waals surface area contributed by atoms with Crippen molar-refractivity contribution in [2.24, 2.45) is 0 Å². The average molecular weight is 309 g/mol. The van der Waals surface area contributed by atoms with E-state index in [1.54, 1.807) is 12.1 Å². The van der Waals surface area contributed by atoms with Gasteiger partial charge in [0.1, 0.15) is 5.82 Å². The lowest BCUT2D eigenvalue weighted by Crippen LogP contribution is -2.56. The maximum atomic E-state index is 13.3. The van der Waals surface area contributed by atoms with Gasteiger partial charge in [-0.1, -0.05) is 12.1 Å². The van der Waals surface area contributed by atoms with E-state index >= 15 is 0 Å². The van der Waals surface area contributed by atoms with Crippen LogP contribution in [-0.4, -0.2) is 54.1 Å². The first-order valence-electron chi connectivity index (χ1n) is 7.24. The second-order valence-electron chi connectivity index (χ2n) is 5.18. The summed E-state index contributed by atoms with van der Waals surface area (Å²) >= 11 is 0. The van der Waals surface area contributed by atoms with Crippen LogP contribution in [0.3, 0.4) is 0 Å². The second kappa shape index (κ2) is 7.86. The smallest absolute Gasteiger partial charge is 0.237 e. The van der Waals surface area contributed by atoms with Crippen LogP contribution < -0.4 is 10.6 Å². The number of amides is 2. The number of piperazine rings is 1. The molecule has 0 spiro atoms. The molecule has 1 aromatic rings. The van der Waals surface area contributed by atoms with Crippen LogP contribution in [0.5, 0.6) is 0 Å². The van der Waals surface area contributed by atoms with Crippen LogP contribution >= 0.6 is 0 Å². The number of benzene rings is 1. The van der Waals surface area contributed by atoms with E-state index in [9.17, 15) is 14.0 Å². The van der Waals surface area contributed by atoms with Gasteiger partial charge in [-0.3, -0.25) is 14.5 Å². The van der Waals surface area contributed by atoms with E-state index in [4.69, 9.17) is 5.11 Å². The van der Waals surface area contributed by atoms with Crippen molar-refractivity contribution >= 4 is 11.8 Å². The topological polar surface area (TPSA) is 81.7 Å². The molecule has 0 bridgehead atoms. The predicted octanol–water partition coefficient (Wildman–Crippen LogP) is -0.375. The van der Waals surface area contributed by atoms with E-state index in [0.717, 1.165) is 5.56 Å². The lowest BCUT2D eigenvalue weighted by molar-refractivity contribution is -0.134. The fraction of sp³-hybridized carbons (Fsp3) is 0.467. The molecule has 1 heterocycles. The number of carbonyl (C=O) groups is 2. The van der Waals surface area contributed by atoms with Crippen LogP contribution in [0, 0.1) is 5.82 Å². The molecule has 1 atom stereocenters. The summed E-state index contributed by atoms with van der Waals surface area (Å²) in [7, 11) is 0. The first-order chi connectivity index (χ1) is 10.6. The fourth-order valence-corrected chi connectivity index (χ4v) is 2.49. The fourth-order valence-electron chi connectivity index (χ4n) is 2.49.